The third-order valence-corrected chi connectivity index (χ3v) is 3.27. The molecule has 114 valence electrons. The summed E-state index contributed by atoms with van der Waals surface area (Å²) in [7, 11) is 4.04. The fourth-order valence-electron chi connectivity index (χ4n) is 2.12. The highest BCUT2D eigenvalue weighted by molar-refractivity contribution is 5.90. The summed E-state index contributed by atoms with van der Waals surface area (Å²) in [6.07, 6.45) is 5.08. The van der Waals surface area contributed by atoms with Gasteiger partial charge in [-0.3, -0.25) is 4.68 Å². The van der Waals surface area contributed by atoms with Crippen LogP contribution in [-0.4, -0.2) is 45.3 Å². The third-order valence-electron chi connectivity index (χ3n) is 3.27. The Morgan fingerprint density at radius 3 is 2.95 bits per heavy atom. The minimum atomic E-state index is -0.313. The Morgan fingerprint density at radius 2 is 2.14 bits per heavy atom. The maximum atomic E-state index is 13.4. The summed E-state index contributed by atoms with van der Waals surface area (Å²) in [5.41, 5.74) is 1.50. The van der Waals surface area contributed by atoms with Gasteiger partial charge in [-0.15, -0.1) is 0 Å². The molecule has 0 aliphatic rings. The number of fused-ring (bicyclic) bond motifs is 1. The van der Waals surface area contributed by atoms with Crippen LogP contribution in [0, 0.1) is 5.82 Å². The van der Waals surface area contributed by atoms with Crippen molar-refractivity contribution < 1.29 is 4.39 Å². The van der Waals surface area contributed by atoms with Crippen LogP contribution in [0.25, 0.3) is 10.9 Å². The van der Waals surface area contributed by atoms with Gasteiger partial charge in [0.2, 0.25) is 0 Å². The van der Waals surface area contributed by atoms with Crippen LogP contribution in [0.15, 0.2) is 36.9 Å². The second-order valence-corrected chi connectivity index (χ2v) is 5.30. The Balaban J connectivity index is 1.83. The topological polar surface area (TPSA) is 58.9 Å². The van der Waals surface area contributed by atoms with E-state index in [1.54, 1.807) is 12.3 Å². The van der Waals surface area contributed by atoms with Gasteiger partial charge in [0, 0.05) is 18.1 Å². The predicted molar refractivity (Wildman–Crippen MR) is 83.6 cm³/mol. The maximum Gasteiger partial charge on any atom is 0.141 e. The standard InChI is InChI=1S/C15H17FN6/c1-21(2)5-6-22-9-12(8-19-22)20-15-13-7-11(16)3-4-14(13)17-10-18-15/h3-4,7-10H,5-6H2,1-2H3,(H,17,18,20). The van der Waals surface area contributed by atoms with E-state index in [1.165, 1.54) is 18.5 Å². The SMILES string of the molecule is CN(C)CCn1cc(Nc2ncnc3ccc(F)cc23)cn1. The van der Waals surface area contributed by atoms with Crippen molar-refractivity contribution in [3.8, 4) is 0 Å². The number of anilines is 2. The zero-order valence-electron chi connectivity index (χ0n) is 12.5. The predicted octanol–water partition coefficient (Wildman–Crippen LogP) is 2.27. The molecule has 0 fully saturated rings. The molecular weight excluding hydrogens is 283 g/mol. The molecule has 3 aromatic rings. The molecule has 3 rings (SSSR count). The van der Waals surface area contributed by atoms with Crippen molar-refractivity contribution in [3.63, 3.8) is 0 Å². The largest absolute Gasteiger partial charge is 0.337 e. The highest BCUT2D eigenvalue weighted by Crippen LogP contribution is 2.23. The van der Waals surface area contributed by atoms with E-state index < -0.39 is 0 Å². The molecule has 0 unspecified atom stereocenters. The van der Waals surface area contributed by atoms with Gasteiger partial charge in [-0.05, 0) is 32.3 Å². The lowest BCUT2D eigenvalue weighted by atomic mass is 10.2. The molecule has 0 bridgehead atoms. The second kappa shape index (κ2) is 6.07. The van der Waals surface area contributed by atoms with Crippen LogP contribution in [0.2, 0.25) is 0 Å². The summed E-state index contributed by atoms with van der Waals surface area (Å²) >= 11 is 0. The number of benzene rings is 1. The van der Waals surface area contributed by atoms with E-state index in [2.05, 4.69) is 25.3 Å². The summed E-state index contributed by atoms with van der Waals surface area (Å²) in [6, 6.07) is 4.45. The zero-order chi connectivity index (χ0) is 15.5. The van der Waals surface area contributed by atoms with Crippen molar-refractivity contribution in [1.82, 2.24) is 24.6 Å². The number of rotatable bonds is 5. The van der Waals surface area contributed by atoms with Crippen molar-refractivity contribution in [3.05, 3.63) is 42.7 Å². The Labute approximate surface area is 127 Å². The monoisotopic (exact) mass is 300 g/mol. The van der Waals surface area contributed by atoms with Crippen LogP contribution in [0.3, 0.4) is 0 Å². The summed E-state index contributed by atoms with van der Waals surface area (Å²) < 4.78 is 15.3. The van der Waals surface area contributed by atoms with Crippen LogP contribution < -0.4 is 5.32 Å². The Kier molecular flexibility index (Phi) is 3.97. The van der Waals surface area contributed by atoms with E-state index in [9.17, 15) is 4.39 Å². The molecule has 0 spiro atoms. The van der Waals surface area contributed by atoms with Gasteiger partial charge in [0.25, 0.3) is 0 Å². The quantitative estimate of drug-likeness (QED) is 0.783. The van der Waals surface area contributed by atoms with Crippen molar-refractivity contribution in [1.29, 1.82) is 0 Å². The molecule has 0 amide bonds. The lowest BCUT2D eigenvalue weighted by Gasteiger charge is -2.08. The molecule has 0 saturated carbocycles. The molecular formula is C15H17FN6. The third kappa shape index (κ3) is 3.20. The van der Waals surface area contributed by atoms with Gasteiger partial charge in [-0.25, -0.2) is 14.4 Å². The van der Waals surface area contributed by atoms with Crippen LogP contribution in [0.1, 0.15) is 0 Å². The lowest BCUT2D eigenvalue weighted by molar-refractivity contribution is 0.373. The number of nitrogens with zero attached hydrogens (tertiary/aromatic N) is 5. The Hall–Kier alpha value is -2.54. The first kappa shape index (κ1) is 14.4. The van der Waals surface area contributed by atoms with Gasteiger partial charge >= 0.3 is 0 Å². The van der Waals surface area contributed by atoms with Gasteiger partial charge < -0.3 is 10.2 Å². The number of likely N-dealkylation sites (N-methyl/N-ethyl adjacent to an activating group) is 1. The minimum Gasteiger partial charge on any atom is -0.337 e. The summed E-state index contributed by atoms with van der Waals surface area (Å²) in [4.78, 5) is 10.4. The number of aromatic nitrogens is 4. The first-order valence-corrected chi connectivity index (χ1v) is 6.96. The average molecular weight is 300 g/mol. The van der Waals surface area contributed by atoms with Gasteiger partial charge in [-0.1, -0.05) is 0 Å². The Morgan fingerprint density at radius 1 is 1.27 bits per heavy atom. The van der Waals surface area contributed by atoms with Crippen molar-refractivity contribution in [2.75, 3.05) is 26.0 Å². The van der Waals surface area contributed by atoms with Crippen molar-refractivity contribution >= 4 is 22.4 Å². The highest BCUT2D eigenvalue weighted by Gasteiger charge is 2.07. The molecule has 0 aliphatic heterocycles. The molecule has 0 saturated heterocycles. The van der Waals surface area contributed by atoms with E-state index in [-0.39, 0.29) is 5.82 Å². The molecule has 6 nitrogen and oxygen atoms in total. The molecule has 1 aromatic carbocycles. The van der Waals surface area contributed by atoms with E-state index >= 15 is 0 Å². The van der Waals surface area contributed by atoms with Crippen LogP contribution >= 0.6 is 0 Å². The minimum absolute atomic E-state index is 0.313. The summed E-state index contributed by atoms with van der Waals surface area (Å²) in [5, 5.41) is 8.10. The van der Waals surface area contributed by atoms with Crippen LogP contribution in [0.5, 0.6) is 0 Å². The van der Waals surface area contributed by atoms with Crippen molar-refractivity contribution in [2.45, 2.75) is 6.54 Å². The van der Waals surface area contributed by atoms with Gasteiger partial charge in [0.05, 0.1) is 23.9 Å². The molecule has 7 heteroatoms. The van der Waals surface area contributed by atoms with E-state index in [4.69, 9.17) is 0 Å². The van der Waals surface area contributed by atoms with E-state index in [1.807, 2.05) is 25.0 Å². The molecule has 0 radical (unpaired) electrons. The first-order valence-electron chi connectivity index (χ1n) is 6.96. The van der Waals surface area contributed by atoms with Gasteiger partial charge in [-0.2, -0.15) is 5.10 Å². The van der Waals surface area contributed by atoms with E-state index in [0.29, 0.717) is 16.7 Å². The molecule has 1 N–H and O–H groups in total. The number of hydrogen-bond donors (Lipinski definition) is 1. The molecule has 2 aromatic heterocycles. The number of halogens is 1. The molecule has 2 heterocycles. The first-order chi connectivity index (χ1) is 10.6. The second-order valence-electron chi connectivity index (χ2n) is 5.30. The van der Waals surface area contributed by atoms with Crippen molar-refractivity contribution in [2.24, 2.45) is 0 Å². The van der Waals surface area contributed by atoms with E-state index in [0.717, 1.165) is 18.8 Å². The number of nitrogens with one attached hydrogen (secondary N) is 1. The fourth-order valence-corrected chi connectivity index (χ4v) is 2.12. The summed E-state index contributed by atoms with van der Waals surface area (Å²) in [5.74, 6) is 0.253. The average Bonchev–Trinajstić information content (AvgIpc) is 2.93. The zero-order valence-corrected chi connectivity index (χ0v) is 12.5. The normalized spacial score (nSPS) is 11.3. The summed E-state index contributed by atoms with van der Waals surface area (Å²) in [6.45, 7) is 1.70. The smallest absolute Gasteiger partial charge is 0.141 e. The van der Waals surface area contributed by atoms with Gasteiger partial charge in [0.1, 0.15) is 18.0 Å². The fraction of sp³-hybridized carbons (Fsp3) is 0.267. The molecule has 22 heavy (non-hydrogen) atoms. The lowest BCUT2D eigenvalue weighted by Crippen LogP contribution is -2.18. The molecule has 0 atom stereocenters. The molecule has 0 aliphatic carbocycles. The Bertz CT molecular complexity index is 783. The number of hydrogen-bond acceptors (Lipinski definition) is 5. The van der Waals surface area contributed by atoms with Crippen LogP contribution in [-0.2, 0) is 6.54 Å². The van der Waals surface area contributed by atoms with Crippen LogP contribution in [0.4, 0.5) is 15.9 Å². The highest BCUT2D eigenvalue weighted by atomic mass is 19.1. The maximum absolute atomic E-state index is 13.4. The van der Waals surface area contributed by atoms with Gasteiger partial charge in [0.15, 0.2) is 0 Å².